The van der Waals surface area contributed by atoms with E-state index in [1.807, 2.05) is 0 Å². The van der Waals surface area contributed by atoms with E-state index in [1.54, 1.807) is 0 Å². The Morgan fingerprint density at radius 1 is 1.71 bits per heavy atom. The molecule has 0 fully saturated rings. The van der Waals surface area contributed by atoms with Crippen LogP contribution >= 0.6 is 11.8 Å². The molecular formula is C8H7FN2O2S. The second-order valence-electron chi connectivity index (χ2n) is 2.76. The van der Waals surface area contributed by atoms with E-state index < -0.39 is 12.4 Å². The van der Waals surface area contributed by atoms with Crippen molar-refractivity contribution in [1.82, 2.24) is 4.98 Å². The Balaban J connectivity index is 2.46. The Morgan fingerprint density at radius 3 is 3.21 bits per heavy atom. The second kappa shape index (κ2) is 3.55. The summed E-state index contributed by atoms with van der Waals surface area (Å²) in [6.45, 7) is -0.473. The third-order valence-electron chi connectivity index (χ3n) is 1.78. The lowest BCUT2D eigenvalue weighted by Gasteiger charge is -2.15. The van der Waals surface area contributed by atoms with Crippen LogP contribution in [0.5, 0.6) is 0 Å². The maximum atomic E-state index is 13.1. The summed E-state index contributed by atoms with van der Waals surface area (Å²) in [5.41, 5.74) is -0.0495. The van der Waals surface area contributed by atoms with E-state index in [-0.39, 0.29) is 17.4 Å². The van der Waals surface area contributed by atoms with Crippen LogP contribution in [-0.2, 0) is 11.4 Å². The number of aliphatic hydroxyl groups excluding tert-OH is 1. The molecule has 0 spiro atoms. The van der Waals surface area contributed by atoms with Gasteiger partial charge in [-0.3, -0.25) is 4.79 Å². The Kier molecular flexibility index (Phi) is 2.39. The number of carbonyl (C=O) groups excluding carboxylic acids is 1. The maximum absolute atomic E-state index is 13.1. The molecule has 1 aromatic heterocycles. The minimum absolute atomic E-state index is 0.0495. The number of fused-ring (bicyclic) bond motifs is 1. The summed E-state index contributed by atoms with van der Waals surface area (Å²) in [4.78, 5) is 15.4. The second-order valence-corrected chi connectivity index (χ2v) is 3.78. The van der Waals surface area contributed by atoms with Gasteiger partial charge in [0.15, 0.2) is 0 Å². The predicted octanol–water partition coefficient (Wildman–Crippen LogP) is 0.757. The van der Waals surface area contributed by atoms with E-state index >= 15 is 0 Å². The molecule has 0 unspecified atom stereocenters. The van der Waals surface area contributed by atoms with Crippen LogP contribution in [0, 0.1) is 5.82 Å². The minimum Gasteiger partial charge on any atom is -0.390 e. The summed E-state index contributed by atoms with van der Waals surface area (Å²) < 4.78 is 13.1. The topological polar surface area (TPSA) is 62.2 Å². The van der Waals surface area contributed by atoms with Gasteiger partial charge in [0, 0.05) is 0 Å². The molecule has 0 aromatic carbocycles. The molecule has 0 bridgehead atoms. The largest absolute Gasteiger partial charge is 0.390 e. The number of halogens is 1. The third-order valence-corrected chi connectivity index (χ3v) is 2.81. The van der Waals surface area contributed by atoms with Crippen LogP contribution in [0.3, 0.4) is 0 Å². The van der Waals surface area contributed by atoms with Crippen LogP contribution in [0.15, 0.2) is 11.0 Å². The van der Waals surface area contributed by atoms with E-state index in [0.717, 1.165) is 0 Å². The molecule has 14 heavy (non-hydrogen) atoms. The van der Waals surface area contributed by atoms with Crippen molar-refractivity contribution in [1.29, 1.82) is 0 Å². The summed E-state index contributed by atoms with van der Waals surface area (Å²) >= 11 is 1.23. The Bertz CT molecular complexity index is 397. The molecule has 74 valence electrons. The molecular weight excluding hydrogens is 207 g/mol. The summed E-state index contributed by atoms with van der Waals surface area (Å²) in [7, 11) is 0. The van der Waals surface area contributed by atoms with Gasteiger partial charge in [0.2, 0.25) is 5.91 Å². The van der Waals surface area contributed by atoms with Crippen molar-refractivity contribution in [2.24, 2.45) is 0 Å². The van der Waals surface area contributed by atoms with Crippen molar-refractivity contribution in [3.05, 3.63) is 17.6 Å². The van der Waals surface area contributed by atoms with Crippen LogP contribution in [0.4, 0.5) is 10.2 Å². The zero-order valence-corrected chi connectivity index (χ0v) is 7.90. The number of anilines is 1. The number of nitrogens with zero attached hydrogens (tertiary/aromatic N) is 1. The van der Waals surface area contributed by atoms with Crippen LogP contribution < -0.4 is 5.32 Å². The molecule has 1 aliphatic rings. The number of nitrogens with one attached hydrogen (secondary N) is 1. The summed E-state index contributed by atoms with van der Waals surface area (Å²) in [5, 5.41) is 11.3. The lowest BCUT2D eigenvalue weighted by molar-refractivity contribution is -0.113. The number of aliphatic hydroxyl groups is 1. The Hall–Kier alpha value is -1.14. The van der Waals surface area contributed by atoms with Crippen molar-refractivity contribution in [3.63, 3.8) is 0 Å². The van der Waals surface area contributed by atoms with Gasteiger partial charge >= 0.3 is 0 Å². The van der Waals surface area contributed by atoms with Crippen LogP contribution in [0.25, 0.3) is 0 Å². The molecule has 1 aliphatic heterocycles. The molecule has 0 saturated heterocycles. The van der Waals surface area contributed by atoms with Gasteiger partial charge in [-0.2, -0.15) is 0 Å². The van der Waals surface area contributed by atoms with E-state index in [0.29, 0.717) is 10.7 Å². The monoisotopic (exact) mass is 214 g/mol. The first-order chi connectivity index (χ1) is 6.70. The fourth-order valence-electron chi connectivity index (χ4n) is 1.13. The lowest BCUT2D eigenvalue weighted by Crippen LogP contribution is -2.20. The molecule has 1 amide bonds. The number of amides is 1. The quantitative estimate of drug-likeness (QED) is 0.724. The van der Waals surface area contributed by atoms with Gasteiger partial charge in [0.05, 0.1) is 17.3 Å². The normalized spacial score (nSPS) is 14.9. The average molecular weight is 214 g/mol. The first kappa shape index (κ1) is 9.42. The predicted molar refractivity (Wildman–Crippen MR) is 49.5 cm³/mol. The number of pyridine rings is 1. The van der Waals surface area contributed by atoms with Crippen LogP contribution in [0.1, 0.15) is 5.69 Å². The maximum Gasteiger partial charge on any atom is 0.235 e. The van der Waals surface area contributed by atoms with Gasteiger partial charge in [0.1, 0.15) is 17.3 Å². The summed E-state index contributed by atoms with van der Waals surface area (Å²) in [5.74, 6) is -0.107. The molecule has 0 radical (unpaired) electrons. The van der Waals surface area contributed by atoms with E-state index in [4.69, 9.17) is 5.11 Å². The number of hydrogen-bond donors (Lipinski definition) is 2. The van der Waals surface area contributed by atoms with E-state index in [9.17, 15) is 9.18 Å². The van der Waals surface area contributed by atoms with Gasteiger partial charge in [0.25, 0.3) is 0 Å². The zero-order chi connectivity index (χ0) is 10.1. The van der Waals surface area contributed by atoms with Gasteiger partial charge in [-0.25, -0.2) is 9.37 Å². The van der Waals surface area contributed by atoms with Crippen molar-refractivity contribution in [2.45, 2.75) is 11.5 Å². The highest BCUT2D eigenvalue weighted by atomic mass is 32.2. The standard InChI is InChI=1S/C8H7FN2O2S/c9-4-1-6-8(10-5(4)2-12)11-7(13)3-14-6/h1,12H,2-3H2,(H,10,11,13). The molecule has 0 atom stereocenters. The molecule has 2 N–H and O–H groups in total. The van der Waals surface area contributed by atoms with Gasteiger partial charge in [-0.15, -0.1) is 11.8 Å². The summed E-state index contributed by atoms with van der Waals surface area (Å²) in [6.07, 6.45) is 0. The van der Waals surface area contributed by atoms with Crippen molar-refractivity contribution >= 4 is 23.5 Å². The molecule has 2 rings (SSSR count). The number of carbonyl (C=O) groups is 1. The molecule has 0 saturated carbocycles. The van der Waals surface area contributed by atoms with Gasteiger partial charge < -0.3 is 10.4 Å². The Morgan fingerprint density at radius 2 is 2.50 bits per heavy atom. The molecule has 2 heterocycles. The van der Waals surface area contributed by atoms with Gasteiger partial charge in [-0.05, 0) is 6.07 Å². The smallest absolute Gasteiger partial charge is 0.235 e. The number of hydrogen-bond acceptors (Lipinski definition) is 4. The average Bonchev–Trinajstić information content (AvgIpc) is 2.17. The fraction of sp³-hybridized carbons (Fsp3) is 0.250. The van der Waals surface area contributed by atoms with Crippen molar-refractivity contribution in [3.8, 4) is 0 Å². The molecule has 4 nitrogen and oxygen atoms in total. The van der Waals surface area contributed by atoms with E-state index in [1.165, 1.54) is 17.8 Å². The SMILES string of the molecule is O=C1CSc2cc(F)c(CO)nc2N1. The number of rotatable bonds is 1. The van der Waals surface area contributed by atoms with Crippen LogP contribution in [0.2, 0.25) is 0 Å². The summed E-state index contributed by atoms with van der Waals surface area (Å²) in [6, 6.07) is 1.28. The van der Waals surface area contributed by atoms with Crippen molar-refractivity contribution in [2.75, 3.05) is 11.1 Å². The highest BCUT2D eigenvalue weighted by Gasteiger charge is 2.19. The molecule has 1 aromatic rings. The van der Waals surface area contributed by atoms with Crippen molar-refractivity contribution < 1.29 is 14.3 Å². The Labute approximate surface area is 83.5 Å². The molecule has 6 heteroatoms. The van der Waals surface area contributed by atoms with Crippen LogP contribution in [-0.4, -0.2) is 21.8 Å². The number of aromatic nitrogens is 1. The fourth-order valence-corrected chi connectivity index (χ4v) is 1.91. The van der Waals surface area contributed by atoms with E-state index in [2.05, 4.69) is 10.3 Å². The first-order valence-corrected chi connectivity index (χ1v) is 4.92. The zero-order valence-electron chi connectivity index (χ0n) is 7.08. The first-order valence-electron chi connectivity index (χ1n) is 3.93. The molecule has 0 aliphatic carbocycles. The number of thioether (sulfide) groups is 1. The highest BCUT2D eigenvalue weighted by molar-refractivity contribution is 8.00. The highest BCUT2D eigenvalue weighted by Crippen LogP contribution is 2.30. The third kappa shape index (κ3) is 1.58. The van der Waals surface area contributed by atoms with Gasteiger partial charge in [-0.1, -0.05) is 0 Å². The minimum atomic E-state index is -0.546. The lowest BCUT2D eigenvalue weighted by atomic mass is 10.3.